The van der Waals surface area contributed by atoms with Crippen molar-refractivity contribution in [2.75, 3.05) is 0 Å². The van der Waals surface area contributed by atoms with Crippen molar-refractivity contribution in [3.05, 3.63) is 32.8 Å². The largest absolute Gasteiger partial charge is 0.389 e. The van der Waals surface area contributed by atoms with E-state index in [1.165, 1.54) is 0 Å². The van der Waals surface area contributed by atoms with E-state index >= 15 is 0 Å². The summed E-state index contributed by atoms with van der Waals surface area (Å²) in [7, 11) is 0. The van der Waals surface area contributed by atoms with Gasteiger partial charge in [-0.2, -0.15) is 0 Å². The summed E-state index contributed by atoms with van der Waals surface area (Å²) in [5.41, 5.74) is 0.589. The van der Waals surface area contributed by atoms with Crippen LogP contribution in [0.4, 0.5) is 0 Å². The standard InChI is InChI=1S/C8H7Cl3O/c1-4(12)5-2-3-6(9)8(11)7(5)10/h2-4,12H,1H3/t4-/m0/s1. The van der Waals surface area contributed by atoms with Gasteiger partial charge in [0.15, 0.2) is 0 Å². The van der Waals surface area contributed by atoms with Gasteiger partial charge in [0.1, 0.15) is 0 Å². The lowest BCUT2D eigenvalue weighted by molar-refractivity contribution is 0.199. The minimum absolute atomic E-state index is 0.289. The molecule has 12 heavy (non-hydrogen) atoms. The van der Waals surface area contributed by atoms with Gasteiger partial charge in [-0.3, -0.25) is 0 Å². The molecule has 0 aromatic heterocycles. The van der Waals surface area contributed by atoms with Gasteiger partial charge in [-0.15, -0.1) is 0 Å². The summed E-state index contributed by atoms with van der Waals surface area (Å²) >= 11 is 17.3. The number of aliphatic hydroxyl groups is 1. The average molecular weight is 226 g/mol. The number of rotatable bonds is 1. The van der Waals surface area contributed by atoms with E-state index in [1.54, 1.807) is 19.1 Å². The fourth-order valence-electron chi connectivity index (χ4n) is 0.863. The molecule has 0 fully saturated rings. The third kappa shape index (κ3) is 1.86. The van der Waals surface area contributed by atoms with E-state index in [1.807, 2.05) is 0 Å². The summed E-state index contributed by atoms with van der Waals surface area (Å²) in [4.78, 5) is 0. The van der Waals surface area contributed by atoms with Crippen LogP contribution >= 0.6 is 34.8 Å². The Morgan fingerprint density at radius 3 is 2.25 bits per heavy atom. The number of halogens is 3. The SMILES string of the molecule is C[C@H](O)c1ccc(Cl)c(Cl)c1Cl. The first-order valence-electron chi connectivity index (χ1n) is 3.35. The molecule has 0 spiro atoms. The van der Waals surface area contributed by atoms with Gasteiger partial charge in [-0.05, 0) is 13.0 Å². The van der Waals surface area contributed by atoms with Gasteiger partial charge in [-0.1, -0.05) is 40.9 Å². The number of aliphatic hydroxyl groups excluding tert-OH is 1. The van der Waals surface area contributed by atoms with Crippen LogP contribution in [0.2, 0.25) is 15.1 Å². The number of hydrogen-bond donors (Lipinski definition) is 1. The molecule has 1 rings (SSSR count). The fraction of sp³-hybridized carbons (Fsp3) is 0.250. The maximum atomic E-state index is 9.23. The van der Waals surface area contributed by atoms with Crippen molar-refractivity contribution in [1.82, 2.24) is 0 Å². The maximum Gasteiger partial charge on any atom is 0.0782 e. The monoisotopic (exact) mass is 224 g/mol. The molecule has 0 saturated carbocycles. The van der Waals surface area contributed by atoms with Gasteiger partial charge in [0.2, 0.25) is 0 Å². The van der Waals surface area contributed by atoms with Crippen molar-refractivity contribution >= 4 is 34.8 Å². The lowest BCUT2D eigenvalue weighted by atomic mass is 10.1. The maximum absolute atomic E-state index is 9.23. The van der Waals surface area contributed by atoms with Crippen molar-refractivity contribution in [3.63, 3.8) is 0 Å². The Labute approximate surface area is 85.9 Å². The summed E-state index contributed by atoms with van der Waals surface area (Å²) in [5.74, 6) is 0. The molecule has 0 bridgehead atoms. The van der Waals surface area contributed by atoms with E-state index in [4.69, 9.17) is 34.8 Å². The van der Waals surface area contributed by atoms with Crippen LogP contribution in [0.3, 0.4) is 0 Å². The van der Waals surface area contributed by atoms with Crippen LogP contribution < -0.4 is 0 Å². The van der Waals surface area contributed by atoms with Gasteiger partial charge in [0.05, 0.1) is 21.2 Å². The number of benzene rings is 1. The van der Waals surface area contributed by atoms with Crippen molar-refractivity contribution < 1.29 is 5.11 Å². The van der Waals surface area contributed by atoms with Gasteiger partial charge >= 0.3 is 0 Å². The molecule has 0 radical (unpaired) electrons. The first-order chi connectivity index (χ1) is 5.54. The van der Waals surface area contributed by atoms with Crippen molar-refractivity contribution in [2.45, 2.75) is 13.0 Å². The Hall–Kier alpha value is 0.0500. The molecule has 66 valence electrons. The van der Waals surface area contributed by atoms with Crippen LogP contribution in [0.1, 0.15) is 18.6 Å². The summed E-state index contributed by atoms with van der Waals surface area (Å²) < 4.78 is 0. The molecule has 0 aliphatic carbocycles. The lowest BCUT2D eigenvalue weighted by Gasteiger charge is -2.08. The molecule has 0 saturated heterocycles. The molecule has 1 aromatic rings. The average Bonchev–Trinajstić information content (AvgIpc) is 2.00. The van der Waals surface area contributed by atoms with Crippen LogP contribution in [0.25, 0.3) is 0 Å². The second kappa shape index (κ2) is 3.84. The quantitative estimate of drug-likeness (QED) is 0.723. The first-order valence-corrected chi connectivity index (χ1v) is 4.49. The summed E-state index contributed by atoms with van der Waals surface area (Å²) in [6.07, 6.45) is -0.632. The van der Waals surface area contributed by atoms with Crippen LogP contribution in [0.5, 0.6) is 0 Å². The zero-order valence-corrected chi connectivity index (χ0v) is 8.58. The third-order valence-electron chi connectivity index (χ3n) is 1.52. The molecule has 0 aliphatic heterocycles. The number of hydrogen-bond acceptors (Lipinski definition) is 1. The van der Waals surface area contributed by atoms with Gasteiger partial charge in [0, 0.05) is 5.56 Å². The molecule has 1 N–H and O–H groups in total. The predicted molar refractivity (Wildman–Crippen MR) is 52.1 cm³/mol. The van der Waals surface area contributed by atoms with E-state index in [-0.39, 0.29) is 5.02 Å². The second-order valence-electron chi connectivity index (χ2n) is 2.44. The molecule has 0 heterocycles. The van der Waals surface area contributed by atoms with Crippen molar-refractivity contribution in [2.24, 2.45) is 0 Å². The topological polar surface area (TPSA) is 20.2 Å². The van der Waals surface area contributed by atoms with Gasteiger partial charge in [-0.25, -0.2) is 0 Å². The predicted octanol–water partition coefficient (Wildman–Crippen LogP) is 3.70. The smallest absolute Gasteiger partial charge is 0.0782 e. The van der Waals surface area contributed by atoms with Gasteiger partial charge in [0.25, 0.3) is 0 Å². The van der Waals surface area contributed by atoms with Crippen LogP contribution in [0.15, 0.2) is 12.1 Å². The molecular formula is C8H7Cl3O. The van der Waals surface area contributed by atoms with E-state index in [0.29, 0.717) is 15.6 Å². The highest BCUT2D eigenvalue weighted by molar-refractivity contribution is 6.48. The Bertz CT molecular complexity index is 297. The van der Waals surface area contributed by atoms with Gasteiger partial charge < -0.3 is 5.11 Å². The molecule has 1 aromatic carbocycles. The van der Waals surface area contributed by atoms with Crippen molar-refractivity contribution in [3.8, 4) is 0 Å². The molecule has 0 amide bonds. The Morgan fingerprint density at radius 2 is 1.75 bits per heavy atom. The normalized spacial score (nSPS) is 13.1. The van der Waals surface area contributed by atoms with Crippen LogP contribution in [-0.4, -0.2) is 5.11 Å². The highest BCUT2D eigenvalue weighted by Gasteiger charge is 2.11. The highest BCUT2D eigenvalue weighted by Crippen LogP contribution is 2.35. The van der Waals surface area contributed by atoms with Crippen LogP contribution in [-0.2, 0) is 0 Å². The highest BCUT2D eigenvalue weighted by atomic mass is 35.5. The van der Waals surface area contributed by atoms with E-state index in [2.05, 4.69) is 0 Å². The minimum Gasteiger partial charge on any atom is -0.389 e. The molecule has 1 nitrogen and oxygen atoms in total. The molecule has 0 unspecified atom stereocenters. The Morgan fingerprint density at radius 1 is 1.17 bits per heavy atom. The molecule has 1 atom stereocenters. The second-order valence-corrected chi connectivity index (χ2v) is 3.60. The molecule has 0 aliphatic rings. The zero-order valence-electron chi connectivity index (χ0n) is 6.31. The van der Waals surface area contributed by atoms with E-state index < -0.39 is 6.10 Å². The fourth-order valence-corrected chi connectivity index (χ4v) is 1.56. The lowest BCUT2D eigenvalue weighted by Crippen LogP contribution is -1.92. The van der Waals surface area contributed by atoms with E-state index in [9.17, 15) is 5.11 Å². The molecular weight excluding hydrogens is 218 g/mol. The first kappa shape index (κ1) is 10.1. The summed E-state index contributed by atoms with van der Waals surface area (Å²) in [6, 6.07) is 3.26. The molecule has 4 heteroatoms. The summed E-state index contributed by atoms with van der Waals surface area (Å²) in [6.45, 7) is 1.62. The third-order valence-corrected chi connectivity index (χ3v) is 2.82. The van der Waals surface area contributed by atoms with E-state index in [0.717, 1.165) is 0 Å². The summed E-state index contributed by atoms with van der Waals surface area (Å²) in [5, 5.41) is 10.2. The zero-order chi connectivity index (χ0) is 9.30. The Kier molecular flexibility index (Phi) is 3.24. The minimum atomic E-state index is -0.632. The van der Waals surface area contributed by atoms with Crippen molar-refractivity contribution in [1.29, 1.82) is 0 Å². The Balaban J connectivity index is 3.27. The van der Waals surface area contributed by atoms with Crippen LogP contribution in [0, 0.1) is 0 Å².